The highest BCUT2D eigenvalue weighted by molar-refractivity contribution is 7.91. The van der Waals surface area contributed by atoms with Crippen molar-refractivity contribution in [2.75, 3.05) is 13.1 Å². The number of amides is 1. The van der Waals surface area contributed by atoms with Crippen LogP contribution in [0.25, 0.3) is 0 Å². The molecule has 1 aliphatic rings. The molecule has 1 atom stereocenters. The van der Waals surface area contributed by atoms with Gasteiger partial charge >= 0.3 is 11.7 Å². The first-order chi connectivity index (χ1) is 10.6. The number of carbonyl (C=O) groups excluding carboxylic acids is 1. The number of sulfone groups is 1. The molecule has 0 aromatic heterocycles. The molecule has 126 valence electrons. The van der Waals surface area contributed by atoms with Crippen LogP contribution in [0.2, 0.25) is 0 Å². The van der Waals surface area contributed by atoms with Gasteiger partial charge in [0.2, 0.25) is 9.84 Å². The Balaban J connectivity index is 2.18. The summed E-state index contributed by atoms with van der Waals surface area (Å²) in [5, 5.41) is 9.14. The molecule has 1 aromatic carbocycles. The summed E-state index contributed by atoms with van der Waals surface area (Å²) < 4.78 is 47.5. The Morgan fingerprint density at radius 3 is 2.26 bits per heavy atom. The standard InChI is InChI=1S/C14H15F2NO5S/c1-14(12(19)20)6-7-17(8-14)11(18)9-2-4-10(5-3-9)23(21,22)13(15)16/h2-5,13H,6-8H2,1H3,(H,19,20). The molecule has 0 aliphatic carbocycles. The number of hydrogen-bond donors (Lipinski definition) is 1. The van der Waals surface area contributed by atoms with Gasteiger partial charge in [0.15, 0.2) is 0 Å². The second-order valence-corrected chi connectivity index (χ2v) is 7.59. The third kappa shape index (κ3) is 3.19. The fourth-order valence-electron chi connectivity index (χ4n) is 2.38. The lowest BCUT2D eigenvalue weighted by atomic mass is 9.90. The molecule has 1 N–H and O–H groups in total. The van der Waals surface area contributed by atoms with E-state index >= 15 is 0 Å². The van der Waals surface area contributed by atoms with Crippen molar-refractivity contribution in [3.63, 3.8) is 0 Å². The fraction of sp³-hybridized carbons (Fsp3) is 0.429. The summed E-state index contributed by atoms with van der Waals surface area (Å²) in [7, 11) is -4.70. The van der Waals surface area contributed by atoms with E-state index in [1.54, 1.807) is 6.92 Å². The Hall–Kier alpha value is -2.03. The maximum Gasteiger partial charge on any atom is 0.341 e. The maximum atomic E-state index is 12.4. The predicted octanol–water partition coefficient (Wildman–Crippen LogP) is 1.62. The lowest BCUT2D eigenvalue weighted by molar-refractivity contribution is -0.147. The molecule has 0 radical (unpaired) electrons. The molecule has 1 aromatic rings. The number of aliphatic carboxylic acids is 1. The molecule has 1 fully saturated rings. The van der Waals surface area contributed by atoms with Crippen LogP contribution in [0.4, 0.5) is 8.78 Å². The molecule has 0 spiro atoms. The van der Waals surface area contributed by atoms with Gasteiger partial charge in [0.05, 0.1) is 10.3 Å². The van der Waals surface area contributed by atoms with Crippen LogP contribution in [-0.2, 0) is 14.6 Å². The van der Waals surface area contributed by atoms with Gasteiger partial charge < -0.3 is 10.0 Å². The van der Waals surface area contributed by atoms with Crippen LogP contribution >= 0.6 is 0 Å². The smallest absolute Gasteiger partial charge is 0.341 e. The molecule has 1 heterocycles. The largest absolute Gasteiger partial charge is 0.481 e. The Labute approximate surface area is 131 Å². The second kappa shape index (κ2) is 5.88. The van der Waals surface area contributed by atoms with Crippen LogP contribution in [0.15, 0.2) is 29.2 Å². The first-order valence-electron chi connectivity index (χ1n) is 6.73. The van der Waals surface area contributed by atoms with Crippen molar-refractivity contribution in [1.29, 1.82) is 0 Å². The van der Waals surface area contributed by atoms with E-state index in [0.29, 0.717) is 6.42 Å². The first-order valence-corrected chi connectivity index (χ1v) is 8.27. The van der Waals surface area contributed by atoms with Gasteiger partial charge in [-0.15, -0.1) is 0 Å². The monoisotopic (exact) mass is 347 g/mol. The highest BCUT2D eigenvalue weighted by Crippen LogP contribution is 2.31. The minimum absolute atomic E-state index is 0.0399. The number of carbonyl (C=O) groups is 2. The van der Waals surface area contributed by atoms with Crippen LogP contribution in [0.3, 0.4) is 0 Å². The Bertz CT molecular complexity index is 732. The van der Waals surface area contributed by atoms with Crippen LogP contribution in [0.1, 0.15) is 23.7 Å². The van der Waals surface area contributed by atoms with Crippen LogP contribution < -0.4 is 0 Å². The van der Waals surface area contributed by atoms with E-state index in [0.717, 1.165) is 24.3 Å². The lowest BCUT2D eigenvalue weighted by Gasteiger charge is -2.20. The summed E-state index contributed by atoms with van der Waals surface area (Å²) in [4.78, 5) is 24.2. The number of halogens is 2. The third-order valence-corrected chi connectivity index (χ3v) is 5.34. The lowest BCUT2D eigenvalue weighted by Crippen LogP contribution is -2.34. The number of alkyl halides is 2. The number of nitrogens with zero attached hydrogens (tertiary/aromatic N) is 1. The number of carboxylic acid groups (broad SMARTS) is 1. The van der Waals surface area contributed by atoms with Gasteiger partial charge in [-0.3, -0.25) is 9.59 Å². The molecule has 6 nitrogen and oxygen atoms in total. The number of likely N-dealkylation sites (tertiary alicyclic amines) is 1. The minimum Gasteiger partial charge on any atom is -0.481 e. The number of benzene rings is 1. The van der Waals surface area contributed by atoms with E-state index in [-0.39, 0.29) is 18.7 Å². The van der Waals surface area contributed by atoms with Gasteiger partial charge in [0.25, 0.3) is 5.91 Å². The number of rotatable bonds is 4. The van der Waals surface area contributed by atoms with E-state index in [1.807, 2.05) is 0 Å². The van der Waals surface area contributed by atoms with Crippen molar-refractivity contribution in [2.24, 2.45) is 5.41 Å². The van der Waals surface area contributed by atoms with Crippen LogP contribution in [-0.4, -0.2) is 49.1 Å². The molecular weight excluding hydrogens is 332 g/mol. The first kappa shape index (κ1) is 17.3. The van der Waals surface area contributed by atoms with Gasteiger partial charge in [-0.2, -0.15) is 8.78 Å². The third-order valence-electron chi connectivity index (χ3n) is 3.94. The van der Waals surface area contributed by atoms with E-state index in [4.69, 9.17) is 5.11 Å². The molecule has 2 rings (SSSR count). The van der Waals surface area contributed by atoms with Crippen molar-refractivity contribution in [2.45, 2.75) is 24.0 Å². The molecule has 1 amide bonds. The summed E-state index contributed by atoms with van der Waals surface area (Å²) in [5.41, 5.74) is -0.901. The Morgan fingerprint density at radius 1 is 1.26 bits per heavy atom. The zero-order valence-corrected chi connectivity index (χ0v) is 13.0. The molecule has 0 bridgehead atoms. The van der Waals surface area contributed by atoms with Crippen molar-refractivity contribution in [3.05, 3.63) is 29.8 Å². The fourth-order valence-corrected chi connectivity index (χ4v) is 3.10. The predicted molar refractivity (Wildman–Crippen MR) is 75.9 cm³/mol. The SMILES string of the molecule is CC1(C(=O)O)CCN(C(=O)c2ccc(S(=O)(=O)C(F)F)cc2)C1. The van der Waals surface area contributed by atoms with Crippen LogP contribution in [0.5, 0.6) is 0 Å². The van der Waals surface area contributed by atoms with Crippen molar-refractivity contribution < 1.29 is 31.9 Å². The van der Waals surface area contributed by atoms with E-state index in [2.05, 4.69) is 0 Å². The quantitative estimate of drug-likeness (QED) is 0.894. The second-order valence-electron chi connectivity index (χ2n) is 5.67. The molecule has 0 saturated carbocycles. The Kier molecular flexibility index (Phi) is 4.43. The van der Waals surface area contributed by atoms with Gasteiger partial charge in [-0.05, 0) is 37.6 Å². The Morgan fingerprint density at radius 2 is 1.83 bits per heavy atom. The van der Waals surface area contributed by atoms with Gasteiger partial charge in [0.1, 0.15) is 0 Å². The molecule has 1 saturated heterocycles. The molecule has 23 heavy (non-hydrogen) atoms. The maximum absolute atomic E-state index is 12.4. The zero-order valence-electron chi connectivity index (χ0n) is 12.2. The number of hydrogen-bond acceptors (Lipinski definition) is 4. The average molecular weight is 347 g/mol. The van der Waals surface area contributed by atoms with Gasteiger partial charge in [-0.1, -0.05) is 0 Å². The van der Waals surface area contributed by atoms with Crippen molar-refractivity contribution >= 4 is 21.7 Å². The summed E-state index contributed by atoms with van der Waals surface area (Å²) in [5.74, 6) is -4.99. The van der Waals surface area contributed by atoms with Crippen molar-refractivity contribution in [1.82, 2.24) is 4.90 Å². The summed E-state index contributed by atoms with van der Waals surface area (Å²) in [6.07, 6.45) is 0.311. The van der Waals surface area contributed by atoms with E-state index < -0.39 is 37.8 Å². The highest BCUT2D eigenvalue weighted by Gasteiger charge is 2.42. The van der Waals surface area contributed by atoms with E-state index in [9.17, 15) is 26.8 Å². The summed E-state index contributed by atoms with van der Waals surface area (Å²) >= 11 is 0. The molecule has 9 heteroatoms. The molecule has 1 aliphatic heterocycles. The molecular formula is C14H15F2NO5S. The van der Waals surface area contributed by atoms with Crippen LogP contribution in [0, 0.1) is 5.41 Å². The van der Waals surface area contributed by atoms with Crippen molar-refractivity contribution in [3.8, 4) is 0 Å². The molecule has 1 unspecified atom stereocenters. The minimum atomic E-state index is -4.70. The topological polar surface area (TPSA) is 91.8 Å². The number of carboxylic acids is 1. The summed E-state index contributed by atoms with van der Waals surface area (Å²) in [6, 6.07) is 4.18. The summed E-state index contributed by atoms with van der Waals surface area (Å²) in [6.45, 7) is 1.85. The normalized spacial score (nSPS) is 21.7. The van der Waals surface area contributed by atoms with E-state index in [1.165, 1.54) is 4.90 Å². The average Bonchev–Trinajstić information content (AvgIpc) is 2.90. The van der Waals surface area contributed by atoms with Gasteiger partial charge in [0, 0.05) is 18.7 Å². The highest BCUT2D eigenvalue weighted by atomic mass is 32.2. The zero-order chi connectivity index (χ0) is 17.4. The van der Waals surface area contributed by atoms with Gasteiger partial charge in [-0.25, -0.2) is 8.42 Å².